The molecule has 0 bridgehead atoms. The van der Waals surface area contributed by atoms with E-state index in [0.717, 1.165) is 32.2 Å². The average molecular weight is 337 g/mol. The molecular formula is C18H31N3O3. The van der Waals surface area contributed by atoms with E-state index in [2.05, 4.69) is 5.32 Å². The van der Waals surface area contributed by atoms with Crippen LogP contribution in [0.1, 0.15) is 38.5 Å². The van der Waals surface area contributed by atoms with Gasteiger partial charge < -0.3 is 19.9 Å². The molecule has 3 rings (SSSR count). The van der Waals surface area contributed by atoms with Crippen molar-refractivity contribution in [2.75, 3.05) is 40.3 Å². The molecule has 6 nitrogen and oxygen atoms in total. The molecule has 1 aliphatic carbocycles. The summed E-state index contributed by atoms with van der Waals surface area (Å²) in [4.78, 5) is 28.2. The Morgan fingerprint density at radius 3 is 2.46 bits per heavy atom. The van der Waals surface area contributed by atoms with Crippen LogP contribution in [-0.2, 0) is 14.3 Å². The van der Waals surface area contributed by atoms with Crippen LogP contribution < -0.4 is 5.32 Å². The molecule has 3 aliphatic rings. The third kappa shape index (κ3) is 4.09. The lowest BCUT2D eigenvalue weighted by Crippen LogP contribution is -2.50. The van der Waals surface area contributed by atoms with Crippen LogP contribution in [0.5, 0.6) is 0 Å². The molecule has 1 saturated carbocycles. The maximum absolute atomic E-state index is 12.5. The van der Waals surface area contributed by atoms with E-state index in [1.54, 1.807) is 24.0 Å². The van der Waals surface area contributed by atoms with E-state index in [1.807, 2.05) is 0 Å². The number of piperidine rings is 1. The number of nitrogens with one attached hydrogen (secondary N) is 1. The van der Waals surface area contributed by atoms with Gasteiger partial charge in [0.15, 0.2) is 0 Å². The van der Waals surface area contributed by atoms with E-state index in [-0.39, 0.29) is 12.0 Å². The summed E-state index contributed by atoms with van der Waals surface area (Å²) in [5.74, 6) is 0.461. The number of nitrogens with zero attached hydrogens (tertiary/aromatic N) is 2. The van der Waals surface area contributed by atoms with Crippen LogP contribution in [0.3, 0.4) is 0 Å². The minimum absolute atomic E-state index is 0.0610. The first-order valence-electron chi connectivity index (χ1n) is 9.40. The zero-order chi connectivity index (χ0) is 17.1. The van der Waals surface area contributed by atoms with Crippen LogP contribution in [0.2, 0.25) is 0 Å². The second-order valence-electron chi connectivity index (χ2n) is 7.63. The Bertz CT molecular complexity index is 452. The number of rotatable bonds is 5. The lowest BCUT2D eigenvalue weighted by molar-refractivity contribution is -0.152. The number of carbonyl (C=O) groups excluding carboxylic acids is 2. The molecule has 0 spiro atoms. The molecule has 2 unspecified atom stereocenters. The van der Waals surface area contributed by atoms with Crippen molar-refractivity contribution in [2.45, 2.75) is 50.7 Å². The minimum atomic E-state index is -0.393. The number of amides is 2. The first-order valence-corrected chi connectivity index (χ1v) is 9.40. The SMILES string of the molecule is COC(CN(C)C(=O)C(=O)N1CCC(C2CCCN2)CC1)C1CC1. The van der Waals surface area contributed by atoms with E-state index < -0.39 is 5.91 Å². The Labute approximate surface area is 144 Å². The van der Waals surface area contributed by atoms with E-state index in [4.69, 9.17) is 4.74 Å². The number of carbonyl (C=O) groups is 2. The van der Waals surface area contributed by atoms with Gasteiger partial charge in [-0.1, -0.05) is 0 Å². The summed E-state index contributed by atoms with van der Waals surface area (Å²) in [5, 5.41) is 3.56. The Balaban J connectivity index is 1.46. The van der Waals surface area contributed by atoms with Gasteiger partial charge in [-0.05, 0) is 56.9 Å². The summed E-state index contributed by atoms with van der Waals surface area (Å²) in [5.41, 5.74) is 0. The van der Waals surface area contributed by atoms with Gasteiger partial charge in [0.2, 0.25) is 0 Å². The third-order valence-electron chi connectivity index (χ3n) is 5.93. The minimum Gasteiger partial charge on any atom is -0.379 e. The summed E-state index contributed by atoms with van der Waals surface area (Å²) in [6.45, 7) is 3.04. The molecule has 0 aromatic heterocycles. The number of hydrogen-bond donors (Lipinski definition) is 1. The van der Waals surface area contributed by atoms with Gasteiger partial charge in [0, 0.05) is 39.8 Å². The highest BCUT2D eigenvalue weighted by Gasteiger charge is 2.36. The first kappa shape index (κ1) is 17.7. The second kappa shape index (κ2) is 7.83. The van der Waals surface area contributed by atoms with Crippen LogP contribution in [-0.4, -0.2) is 74.1 Å². The van der Waals surface area contributed by atoms with Crippen molar-refractivity contribution >= 4 is 11.8 Å². The number of methoxy groups -OCH3 is 1. The Morgan fingerprint density at radius 1 is 1.21 bits per heavy atom. The van der Waals surface area contributed by atoms with E-state index in [1.165, 1.54) is 12.8 Å². The van der Waals surface area contributed by atoms with Crippen LogP contribution >= 0.6 is 0 Å². The molecule has 1 N–H and O–H groups in total. The van der Waals surface area contributed by atoms with Gasteiger partial charge in [0.25, 0.3) is 0 Å². The monoisotopic (exact) mass is 337 g/mol. The highest BCUT2D eigenvalue weighted by atomic mass is 16.5. The van der Waals surface area contributed by atoms with Crippen molar-refractivity contribution in [1.82, 2.24) is 15.1 Å². The maximum Gasteiger partial charge on any atom is 0.312 e. The molecule has 6 heteroatoms. The molecule has 2 heterocycles. The van der Waals surface area contributed by atoms with Crippen LogP contribution in [0.15, 0.2) is 0 Å². The van der Waals surface area contributed by atoms with Gasteiger partial charge >= 0.3 is 11.8 Å². The number of likely N-dealkylation sites (N-methyl/N-ethyl adjacent to an activating group) is 1. The molecule has 136 valence electrons. The Hall–Kier alpha value is -1.14. The Kier molecular flexibility index (Phi) is 5.76. The highest BCUT2D eigenvalue weighted by molar-refractivity contribution is 6.34. The topological polar surface area (TPSA) is 61.9 Å². The van der Waals surface area contributed by atoms with Crippen molar-refractivity contribution in [3.05, 3.63) is 0 Å². The Morgan fingerprint density at radius 2 is 1.92 bits per heavy atom. The maximum atomic E-state index is 12.5. The fourth-order valence-electron chi connectivity index (χ4n) is 4.15. The third-order valence-corrected chi connectivity index (χ3v) is 5.93. The smallest absolute Gasteiger partial charge is 0.312 e. The van der Waals surface area contributed by atoms with E-state index >= 15 is 0 Å². The van der Waals surface area contributed by atoms with Gasteiger partial charge in [-0.3, -0.25) is 9.59 Å². The molecule has 2 saturated heterocycles. The van der Waals surface area contributed by atoms with Crippen LogP contribution in [0, 0.1) is 11.8 Å². The molecule has 3 fully saturated rings. The predicted molar refractivity (Wildman–Crippen MR) is 91.5 cm³/mol. The zero-order valence-corrected chi connectivity index (χ0v) is 15.0. The molecule has 24 heavy (non-hydrogen) atoms. The standard InChI is InChI=1S/C18H31N3O3/c1-20(12-16(24-2)14-5-6-14)17(22)18(23)21-10-7-13(8-11-21)15-4-3-9-19-15/h13-16,19H,3-12H2,1-2H3. The quantitative estimate of drug-likeness (QED) is 0.756. The van der Waals surface area contributed by atoms with Crippen LogP contribution in [0.25, 0.3) is 0 Å². The van der Waals surface area contributed by atoms with Gasteiger partial charge in [-0.2, -0.15) is 0 Å². The van der Waals surface area contributed by atoms with E-state index in [9.17, 15) is 9.59 Å². The normalized spacial score (nSPS) is 26.4. The van der Waals surface area contributed by atoms with Gasteiger partial charge in [-0.15, -0.1) is 0 Å². The van der Waals surface area contributed by atoms with Crippen molar-refractivity contribution in [1.29, 1.82) is 0 Å². The molecule has 2 atom stereocenters. The van der Waals surface area contributed by atoms with Crippen molar-refractivity contribution in [3.63, 3.8) is 0 Å². The fourth-order valence-corrected chi connectivity index (χ4v) is 4.15. The number of hydrogen-bond acceptors (Lipinski definition) is 4. The van der Waals surface area contributed by atoms with Gasteiger partial charge in [0.1, 0.15) is 0 Å². The molecular weight excluding hydrogens is 306 g/mol. The number of likely N-dealkylation sites (tertiary alicyclic amines) is 1. The van der Waals surface area contributed by atoms with Gasteiger partial charge in [0.05, 0.1) is 6.10 Å². The molecule has 0 aromatic rings. The summed E-state index contributed by atoms with van der Waals surface area (Å²) in [6.07, 6.45) is 6.90. The lowest BCUT2D eigenvalue weighted by atomic mass is 9.88. The summed E-state index contributed by atoms with van der Waals surface area (Å²) in [6, 6.07) is 0.613. The lowest BCUT2D eigenvalue weighted by Gasteiger charge is -2.35. The predicted octanol–water partition coefficient (Wildman–Crippen LogP) is 0.860. The molecule has 0 aromatic carbocycles. The highest BCUT2D eigenvalue weighted by Crippen LogP contribution is 2.34. The van der Waals surface area contributed by atoms with Crippen molar-refractivity contribution in [3.8, 4) is 0 Å². The molecule has 2 amide bonds. The van der Waals surface area contributed by atoms with Crippen molar-refractivity contribution in [2.24, 2.45) is 11.8 Å². The zero-order valence-electron chi connectivity index (χ0n) is 15.0. The first-order chi connectivity index (χ1) is 11.6. The second-order valence-corrected chi connectivity index (χ2v) is 7.63. The number of ether oxygens (including phenoxy) is 1. The summed E-state index contributed by atoms with van der Waals surface area (Å²) >= 11 is 0. The fraction of sp³-hybridized carbons (Fsp3) is 0.889. The van der Waals surface area contributed by atoms with Crippen molar-refractivity contribution < 1.29 is 14.3 Å². The largest absolute Gasteiger partial charge is 0.379 e. The molecule has 0 radical (unpaired) electrons. The average Bonchev–Trinajstić information content (AvgIpc) is 3.31. The molecule has 2 aliphatic heterocycles. The summed E-state index contributed by atoms with van der Waals surface area (Å²) in [7, 11) is 3.40. The summed E-state index contributed by atoms with van der Waals surface area (Å²) < 4.78 is 5.47. The van der Waals surface area contributed by atoms with Crippen LogP contribution in [0.4, 0.5) is 0 Å². The van der Waals surface area contributed by atoms with Gasteiger partial charge in [-0.25, -0.2) is 0 Å². The van der Waals surface area contributed by atoms with E-state index in [0.29, 0.717) is 37.5 Å².